The number of ether oxygens (including phenoxy) is 1. The Hall–Kier alpha value is -0.460. The number of rotatable bonds is 0. The summed E-state index contributed by atoms with van der Waals surface area (Å²) in [6.45, 7) is 14.4. The monoisotopic (exact) mass is 196 g/mol. The molecule has 0 N–H and O–H groups in total. The van der Waals surface area contributed by atoms with Crippen LogP contribution in [0.2, 0.25) is 0 Å². The van der Waals surface area contributed by atoms with Crippen LogP contribution >= 0.6 is 0 Å². The largest absolute Gasteiger partial charge is 0.498 e. The van der Waals surface area contributed by atoms with Crippen LogP contribution in [0.3, 0.4) is 0 Å². The standard InChI is InChI=1S/C13H24O/c1-12(2,3)10-7-8-14-11(9-10)13(4,5)6/h9-10H,7-8H2,1-6H3. The van der Waals surface area contributed by atoms with E-state index in [9.17, 15) is 0 Å². The molecule has 14 heavy (non-hydrogen) atoms. The molecule has 0 amide bonds. The summed E-state index contributed by atoms with van der Waals surface area (Å²) in [5.41, 5.74) is 0.518. The third-order valence-corrected chi connectivity index (χ3v) is 2.89. The van der Waals surface area contributed by atoms with E-state index in [1.54, 1.807) is 0 Å². The Balaban J connectivity index is 2.85. The molecule has 0 aliphatic carbocycles. The van der Waals surface area contributed by atoms with Crippen LogP contribution in [0.1, 0.15) is 48.0 Å². The van der Waals surface area contributed by atoms with Gasteiger partial charge >= 0.3 is 0 Å². The maximum absolute atomic E-state index is 5.73. The van der Waals surface area contributed by atoms with Crippen molar-refractivity contribution in [2.24, 2.45) is 16.7 Å². The van der Waals surface area contributed by atoms with Gasteiger partial charge in [0.2, 0.25) is 0 Å². The fourth-order valence-electron chi connectivity index (χ4n) is 1.76. The lowest BCUT2D eigenvalue weighted by atomic mass is 9.76. The molecular weight excluding hydrogens is 172 g/mol. The lowest BCUT2D eigenvalue weighted by Crippen LogP contribution is -2.27. The van der Waals surface area contributed by atoms with Gasteiger partial charge in [0.25, 0.3) is 0 Å². The van der Waals surface area contributed by atoms with Crippen LogP contribution < -0.4 is 0 Å². The summed E-state index contributed by atoms with van der Waals surface area (Å²) in [6.07, 6.45) is 3.49. The third-order valence-electron chi connectivity index (χ3n) is 2.89. The molecule has 1 unspecified atom stereocenters. The van der Waals surface area contributed by atoms with Gasteiger partial charge in [0.1, 0.15) is 0 Å². The maximum Gasteiger partial charge on any atom is 0.0976 e. The van der Waals surface area contributed by atoms with E-state index in [2.05, 4.69) is 47.6 Å². The quantitative estimate of drug-likeness (QED) is 0.569. The molecule has 0 radical (unpaired) electrons. The van der Waals surface area contributed by atoms with Gasteiger partial charge in [0.05, 0.1) is 12.4 Å². The third kappa shape index (κ3) is 2.76. The van der Waals surface area contributed by atoms with E-state index in [-0.39, 0.29) is 5.41 Å². The topological polar surface area (TPSA) is 9.23 Å². The van der Waals surface area contributed by atoms with Crippen molar-refractivity contribution in [3.8, 4) is 0 Å². The summed E-state index contributed by atoms with van der Waals surface area (Å²) in [5, 5.41) is 0. The van der Waals surface area contributed by atoms with Gasteiger partial charge in [0, 0.05) is 5.41 Å². The molecule has 0 saturated heterocycles. The molecule has 0 bridgehead atoms. The van der Waals surface area contributed by atoms with Crippen LogP contribution in [0.25, 0.3) is 0 Å². The fourth-order valence-corrected chi connectivity index (χ4v) is 1.76. The highest BCUT2D eigenvalue weighted by Gasteiger charge is 2.30. The van der Waals surface area contributed by atoms with E-state index in [1.165, 1.54) is 5.76 Å². The van der Waals surface area contributed by atoms with Gasteiger partial charge < -0.3 is 4.74 Å². The van der Waals surface area contributed by atoms with Crippen LogP contribution in [-0.4, -0.2) is 6.61 Å². The Labute approximate surface area is 88.5 Å². The Bertz CT molecular complexity index is 225. The Kier molecular flexibility index (Phi) is 2.99. The Morgan fingerprint density at radius 2 is 1.71 bits per heavy atom. The first-order chi connectivity index (χ1) is 6.21. The van der Waals surface area contributed by atoms with Crippen LogP contribution in [0.4, 0.5) is 0 Å². The molecule has 1 aliphatic rings. The molecular formula is C13H24O. The summed E-state index contributed by atoms with van der Waals surface area (Å²) in [4.78, 5) is 0. The first-order valence-corrected chi connectivity index (χ1v) is 5.56. The molecule has 0 aromatic heterocycles. The predicted octanol–water partition coefficient (Wildman–Crippen LogP) is 4.00. The van der Waals surface area contributed by atoms with Gasteiger partial charge in [-0.3, -0.25) is 0 Å². The fraction of sp³-hybridized carbons (Fsp3) is 0.846. The molecule has 0 fully saturated rings. The van der Waals surface area contributed by atoms with Gasteiger partial charge in [-0.05, 0) is 23.8 Å². The zero-order valence-corrected chi connectivity index (χ0v) is 10.5. The summed E-state index contributed by atoms with van der Waals surface area (Å²) in [5.74, 6) is 1.83. The molecule has 82 valence electrons. The van der Waals surface area contributed by atoms with Crippen LogP contribution in [-0.2, 0) is 4.74 Å². The van der Waals surface area contributed by atoms with Crippen LogP contribution in [0.5, 0.6) is 0 Å². The van der Waals surface area contributed by atoms with E-state index in [0.717, 1.165) is 13.0 Å². The lowest BCUT2D eigenvalue weighted by Gasteiger charge is -2.35. The molecule has 1 rings (SSSR count). The summed E-state index contributed by atoms with van der Waals surface area (Å²) < 4.78 is 5.73. The number of hydrogen-bond donors (Lipinski definition) is 0. The van der Waals surface area contributed by atoms with E-state index in [0.29, 0.717) is 11.3 Å². The van der Waals surface area contributed by atoms with Crippen molar-refractivity contribution in [1.29, 1.82) is 0 Å². The van der Waals surface area contributed by atoms with Crippen molar-refractivity contribution in [3.63, 3.8) is 0 Å². The first-order valence-electron chi connectivity index (χ1n) is 5.56. The zero-order valence-electron chi connectivity index (χ0n) is 10.5. The molecule has 0 saturated carbocycles. The molecule has 1 aliphatic heterocycles. The molecule has 1 heterocycles. The van der Waals surface area contributed by atoms with Gasteiger partial charge in [-0.25, -0.2) is 0 Å². The number of hydrogen-bond acceptors (Lipinski definition) is 1. The van der Waals surface area contributed by atoms with E-state index >= 15 is 0 Å². The molecule has 1 nitrogen and oxygen atoms in total. The van der Waals surface area contributed by atoms with Crippen molar-refractivity contribution >= 4 is 0 Å². The van der Waals surface area contributed by atoms with Gasteiger partial charge in [-0.1, -0.05) is 41.5 Å². The van der Waals surface area contributed by atoms with Crippen molar-refractivity contribution in [2.45, 2.75) is 48.0 Å². The second-order valence-electron chi connectivity index (χ2n) is 6.39. The SMILES string of the molecule is CC(C)(C)C1=CC(C(C)(C)C)CCO1. The Morgan fingerprint density at radius 1 is 1.14 bits per heavy atom. The second kappa shape index (κ2) is 3.60. The average molecular weight is 196 g/mol. The van der Waals surface area contributed by atoms with Crippen molar-refractivity contribution in [3.05, 3.63) is 11.8 Å². The lowest BCUT2D eigenvalue weighted by molar-refractivity contribution is 0.0957. The number of allylic oxidation sites excluding steroid dienone is 2. The molecule has 0 spiro atoms. The summed E-state index contributed by atoms with van der Waals surface area (Å²) in [7, 11) is 0. The predicted molar refractivity (Wildman–Crippen MR) is 61.1 cm³/mol. The first kappa shape index (κ1) is 11.6. The van der Waals surface area contributed by atoms with Gasteiger partial charge in [-0.15, -0.1) is 0 Å². The van der Waals surface area contributed by atoms with Crippen molar-refractivity contribution < 1.29 is 4.74 Å². The highest BCUT2D eigenvalue weighted by Crippen LogP contribution is 2.38. The normalized spacial score (nSPS) is 24.1. The summed E-state index contributed by atoms with van der Waals surface area (Å²) in [6, 6.07) is 0. The highest BCUT2D eigenvalue weighted by atomic mass is 16.5. The van der Waals surface area contributed by atoms with Gasteiger partial charge in [0.15, 0.2) is 0 Å². The van der Waals surface area contributed by atoms with Crippen molar-refractivity contribution in [2.75, 3.05) is 6.61 Å². The second-order valence-corrected chi connectivity index (χ2v) is 6.39. The van der Waals surface area contributed by atoms with E-state index in [1.807, 2.05) is 0 Å². The minimum absolute atomic E-state index is 0.157. The average Bonchev–Trinajstić information content (AvgIpc) is 2.01. The molecule has 0 aromatic carbocycles. The van der Waals surface area contributed by atoms with Crippen LogP contribution in [0, 0.1) is 16.7 Å². The van der Waals surface area contributed by atoms with Gasteiger partial charge in [-0.2, -0.15) is 0 Å². The van der Waals surface area contributed by atoms with E-state index < -0.39 is 0 Å². The Morgan fingerprint density at radius 3 is 2.14 bits per heavy atom. The van der Waals surface area contributed by atoms with Crippen LogP contribution in [0.15, 0.2) is 11.8 Å². The highest BCUT2D eigenvalue weighted by molar-refractivity contribution is 5.09. The summed E-state index contributed by atoms with van der Waals surface area (Å²) >= 11 is 0. The smallest absolute Gasteiger partial charge is 0.0976 e. The molecule has 1 atom stereocenters. The molecule has 0 aromatic rings. The van der Waals surface area contributed by atoms with E-state index in [4.69, 9.17) is 4.74 Å². The minimum atomic E-state index is 0.157. The zero-order chi connectivity index (χ0) is 11.0. The maximum atomic E-state index is 5.73. The molecule has 1 heteroatoms. The minimum Gasteiger partial charge on any atom is -0.498 e. The van der Waals surface area contributed by atoms with Crippen molar-refractivity contribution in [1.82, 2.24) is 0 Å².